The first-order valence-electron chi connectivity index (χ1n) is 13.2. The lowest BCUT2D eigenvalue weighted by Crippen LogP contribution is -2.18. The van der Waals surface area contributed by atoms with Crippen molar-refractivity contribution in [3.8, 4) is 5.75 Å². The number of fused-ring (bicyclic) bond motifs is 1. The van der Waals surface area contributed by atoms with Gasteiger partial charge in [-0.15, -0.1) is 0 Å². The van der Waals surface area contributed by atoms with Crippen LogP contribution in [0.4, 0.5) is 11.4 Å². The molecule has 0 fully saturated rings. The van der Waals surface area contributed by atoms with Gasteiger partial charge >= 0.3 is 15.8 Å². The van der Waals surface area contributed by atoms with E-state index >= 15 is 0 Å². The zero-order valence-electron chi connectivity index (χ0n) is 23.7. The second kappa shape index (κ2) is 11.9. The molecule has 5 rings (SSSR count). The standard InChI is InChI=1S/C31H26N2O8S3/c1-19-7-10-23(11-8-19)44(39,40)41-28-14-9-22(15-27(28)33(35)36)16-30-31(34)32-26-13-12-24(17-29(26)42-30)43(37,38)18-25-20(2)5-4-6-21(25)3/h4-17H,18H2,1-3H3,(H,32,34). The van der Waals surface area contributed by atoms with Gasteiger partial charge in [0.15, 0.2) is 9.84 Å². The van der Waals surface area contributed by atoms with Crippen LogP contribution in [0.5, 0.6) is 5.75 Å². The van der Waals surface area contributed by atoms with Crippen LogP contribution in [0.15, 0.2) is 98.5 Å². The van der Waals surface area contributed by atoms with Gasteiger partial charge in [-0.05, 0) is 85.5 Å². The molecular formula is C31H26N2O8S3. The van der Waals surface area contributed by atoms with Crippen molar-refractivity contribution < 1.29 is 30.7 Å². The maximum atomic E-state index is 13.3. The normalized spacial score (nSPS) is 14.2. The summed E-state index contributed by atoms with van der Waals surface area (Å²) in [6, 6.07) is 19.5. The highest BCUT2D eigenvalue weighted by molar-refractivity contribution is 8.04. The minimum atomic E-state index is -4.35. The number of nitro benzene ring substituents is 1. The van der Waals surface area contributed by atoms with E-state index in [2.05, 4.69) is 5.32 Å². The van der Waals surface area contributed by atoms with Gasteiger partial charge in [-0.1, -0.05) is 53.7 Å². The number of rotatable bonds is 8. The van der Waals surface area contributed by atoms with Crippen LogP contribution >= 0.6 is 11.8 Å². The fraction of sp³-hybridized carbons (Fsp3) is 0.129. The molecule has 1 aliphatic rings. The number of benzene rings is 4. The SMILES string of the molecule is Cc1ccc(S(=O)(=O)Oc2ccc(C=C3Sc4cc(S(=O)(=O)Cc5c(C)cccc5C)ccc4NC3=O)cc2[N+](=O)[O-])cc1. The van der Waals surface area contributed by atoms with Crippen LogP contribution in [-0.2, 0) is 30.5 Å². The molecule has 13 heteroatoms. The summed E-state index contributed by atoms with van der Waals surface area (Å²) in [7, 11) is -8.07. The monoisotopic (exact) mass is 650 g/mol. The van der Waals surface area contributed by atoms with Crippen molar-refractivity contribution in [2.75, 3.05) is 5.32 Å². The number of thioether (sulfide) groups is 1. The Morgan fingerprint density at radius 1 is 0.886 bits per heavy atom. The molecule has 0 unspecified atom stereocenters. The first-order valence-corrected chi connectivity index (χ1v) is 17.0. The van der Waals surface area contributed by atoms with Gasteiger partial charge < -0.3 is 9.50 Å². The van der Waals surface area contributed by atoms with Crippen molar-refractivity contribution >= 4 is 55.1 Å². The summed E-state index contributed by atoms with van der Waals surface area (Å²) in [5.41, 5.74) is 3.35. The van der Waals surface area contributed by atoms with E-state index in [4.69, 9.17) is 4.18 Å². The van der Waals surface area contributed by atoms with Crippen molar-refractivity contribution in [3.05, 3.63) is 122 Å². The Kier molecular flexibility index (Phi) is 8.38. The van der Waals surface area contributed by atoms with E-state index in [1.165, 1.54) is 42.5 Å². The number of nitrogens with zero attached hydrogens (tertiary/aromatic N) is 1. The third kappa shape index (κ3) is 6.54. The summed E-state index contributed by atoms with van der Waals surface area (Å²) in [6.45, 7) is 5.51. The maximum Gasteiger partial charge on any atom is 0.339 e. The predicted molar refractivity (Wildman–Crippen MR) is 168 cm³/mol. The molecule has 1 heterocycles. The van der Waals surface area contributed by atoms with Crippen LogP contribution in [0.3, 0.4) is 0 Å². The molecule has 0 aromatic heterocycles. The summed E-state index contributed by atoms with van der Waals surface area (Å²) < 4.78 is 57.2. The Morgan fingerprint density at radius 2 is 1.55 bits per heavy atom. The molecule has 226 valence electrons. The van der Waals surface area contributed by atoms with Crippen LogP contribution in [0.2, 0.25) is 0 Å². The smallest absolute Gasteiger partial charge is 0.339 e. The fourth-order valence-electron chi connectivity index (χ4n) is 4.54. The molecule has 1 aliphatic heterocycles. The number of carbonyl (C=O) groups excluding carboxylic acids is 1. The van der Waals surface area contributed by atoms with E-state index in [-0.39, 0.29) is 26.0 Å². The molecule has 4 aromatic carbocycles. The summed E-state index contributed by atoms with van der Waals surface area (Å²) in [6.07, 6.45) is 1.39. The zero-order valence-corrected chi connectivity index (χ0v) is 26.2. The summed E-state index contributed by atoms with van der Waals surface area (Å²) in [5.74, 6) is -1.15. The van der Waals surface area contributed by atoms with E-state index in [0.717, 1.165) is 46.1 Å². The highest BCUT2D eigenvalue weighted by atomic mass is 32.2. The van der Waals surface area contributed by atoms with Gasteiger partial charge in [0.1, 0.15) is 4.90 Å². The van der Waals surface area contributed by atoms with E-state index in [1.807, 2.05) is 32.0 Å². The van der Waals surface area contributed by atoms with Crippen molar-refractivity contribution in [1.82, 2.24) is 0 Å². The van der Waals surface area contributed by atoms with E-state index in [1.54, 1.807) is 19.1 Å². The summed E-state index contributed by atoms with van der Waals surface area (Å²) in [5, 5.41) is 14.6. The summed E-state index contributed by atoms with van der Waals surface area (Å²) in [4.78, 5) is 24.5. The minimum Gasteiger partial charge on any atom is -0.372 e. The van der Waals surface area contributed by atoms with Gasteiger partial charge in [0.05, 0.1) is 26.2 Å². The van der Waals surface area contributed by atoms with Crippen LogP contribution in [0.25, 0.3) is 6.08 Å². The molecule has 0 saturated carbocycles. The molecular weight excluding hydrogens is 625 g/mol. The largest absolute Gasteiger partial charge is 0.372 e. The molecule has 0 bridgehead atoms. The Balaban J connectivity index is 1.43. The minimum absolute atomic E-state index is 0.0915. The average Bonchev–Trinajstić information content (AvgIpc) is 2.96. The molecule has 1 amide bonds. The van der Waals surface area contributed by atoms with Gasteiger partial charge in [-0.3, -0.25) is 14.9 Å². The highest BCUT2D eigenvalue weighted by Crippen LogP contribution is 2.41. The van der Waals surface area contributed by atoms with Crippen molar-refractivity contribution in [2.24, 2.45) is 0 Å². The number of nitrogens with one attached hydrogen (secondary N) is 1. The number of sulfone groups is 1. The number of carbonyl (C=O) groups is 1. The molecule has 0 atom stereocenters. The second-order valence-electron chi connectivity index (χ2n) is 10.2. The number of hydrogen-bond acceptors (Lipinski definition) is 9. The van der Waals surface area contributed by atoms with Crippen LogP contribution in [0, 0.1) is 30.9 Å². The average molecular weight is 651 g/mol. The predicted octanol–water partition coefficient (Wildman–Crippen LogP) is 6.35. The van der Waals surface area contributed by atoms with Gasteiger partial charge in [-0.2, -0.15) is 8.42 Å². The molecule has 4 aromatic rings. The van der Waals surface area contributed by atoms with E-state index in [0.29, 0.717) is 10.6 Å². The van der Waals surface area contributed by atoms with Crippen LogP contribution in [0.1, 0.15) is 27.8 Å². The number of hydrogen-bond donors (Lipinski definition) is 1. The molecule has 44 heavy (non-hydrogen) atoms. The highest BCUT2D eigenvalue weighted by Gasteiger charge is 2.27. The lowest BCUT2D eigenvalue weighted by atomic mass is 10.1. The van der Waals surface area contributed by atoms with E-state index in [9.17, 15) is 31.7 Å². The maximum absolute atomic E-state index is 13.3. The van der Waals surface area contributed by atoms with Crippen LogP contribution in [-0.4, -0.2) is 27.7 Å². The van der Waals surface area contributed by atoms with E-state index < -0.39 is 42.2 Å². The molecule has 0 aliphatic carbocycles. The topological polar surface area (TPSA) is 150 Å². The summed E-state index contributed by atoms with van der Waals surface area (Å²) >= 11 is 1.02. The van der Waals surface area contributed by atoms with Gasteiger partial charge in [0.25, 0.3) is 5.91 Å². The van der Waals surface area contributed by atoms with Crippen LogP contribution < -0.4 is 9.50 Å². The first-order chi connectivity index (χ1) is 20.7. The quantitative estimate of drug-likeness (QED) is 0.0996. The Bertz CT molecular complexity index is 2050. The molecule has 0 radical (unpaired) electrons. The number of aryl methyl sites for hydroxylation is 3. The molecule has 0 spiro atoms. The first kappa shape index (κ1) is 31.0. The zero-order chi connectivity index (χ0) is 31.8. The fourth-order valence-corrected chi connectivity index (χ4v) is 8.12. The van der Waals surface area contributed by atoms with Gasteiger partial charge in [-0.25, -0.2) is 8.42 Å². The Labute approximate surface area is 259 Å². The molecule has 10 nitrogen and oxygen atoms in total. The Hall–Kier alpha value is -4.46. The third-order valence-electron chi connectivity index (χ3n) is 6.97. The van der Waals surface area contributed by atoms with Gasteiger partial charge in [0.2, 0.25) is 5.75 Å². The number of nitro groups is 1. The van der Waals surface area contributed by atoms with Crippen molar-refractivity contribution in [3.63, 3.8) is 0 Å². The Morgan fingerprint density at radius 3 is 2.20 bits per heavy atom. The molecule has 0 saturated heterocycles. The lowest BCUT2D eigenvalue weighted by Gasteiger charge is -2.20. The van der Waals surface area contributed by atoms with Crippen molar-refractivity contribution in [2.45, 2.75) is 41.2 Å². The lowest BCUT2D eigenvalue weighted by molar-refractivity contribution is -0.385. The third-order valence-corrected chi connectivity index (χ3v) is 10.9. The number of amides is 1. The molecule has 1 N–H and O–H groups in total. The second-order valence-corrected chi connectivity index (χ2v) is 14.8. The van der Waals surface area contributed by atoms with Crippen molar-refractivity contribution in [1.29, 1.82) is 0 Å². The number of anilines is 1. The van der Waals surface area contributed by atoms with Gasteiger partial charge in [0, 0.05) is 11.0 Å².